The summed E-state index contributed by atoms with van der Waals surface area (Å²) < 4.78 is 0. The molecule has 68 valence electrons. The first-order chi connectivity index (χ1) is 6.38. The third-order valence-corrected chi connectivity index (χ3v) is 2.25. The van der Waals surface area contributed by atoms with Crippen molar-refractivity contribution < 1.29 is 0 Å². The second-order valence-corrected chi connectivity index (χ2v) is 3.27. The van der Waals surface area contributed by atoms with Crippen molar-refractivity contribution in [2.45, 2.75) is 32.1 Å². The molecule has 13 heavy (non-hydrogen) atoms. The van der Waals surface area contributed by atoms with E-state index < -0.39 is 0 Å². The van der Waals surface area contributed by atoms with Crippen molar-refractivity contribution in [3.63, 3.8) is 0 Å². The Balaban J connectivity index is 2.63. The van der Waals surface area contributed by atoms with Crippen LogP contribution in [0.1, 0.15) is 37.7 Å². The summed E-state index contributed by atoms with van der Waals surface area (Å²) in [7, 11) is 0. The van der Waals surface area contributed by atoms with E-state index in [2.05, 4.69) is 25.0 Å². The highest BCUT2D eigenvalue weighted by atomic mass is 14.1. The molecule has 1 unspecified atom stereocenters. The Morgan fingerprint density at radius 2 is 2.00 bits per heavy atom. The SMILES string of the molecule is C#CC(CCCC)c1ccccc1. The Morgan fingerprint density at radius 3 is 2.54 bits per heavy atom. The standard InChI is InChI=1S/C13H16/c1-3-5-9-12(4-2)13-10-7-6-8-11-13/h2,6-8,10-12H,3,5,9H2,1H3. The van der Waals surface area contributed by atoms with Gasteiger partial charge in [0.05, 0.1) is 0 Å². The summed E-state index contributed by atoms with van der Waals surface area (Å²) in [5, 5.41) is 0. The second kappa shape index (κ2) is 5.43. The first-order valence-corrected chi connectivity index (χ1v) is 4.89. The summed E-state index contributed by atoms with van der Waals surface area (Å²) in [6, 6.07) is 10.3. The van der Waals surface area contributed by atoms with Crippen LogP contribution in [-0.4, -0.2) is 0 Å². The molecular formula is C13H16. The molecule has 0 radical (unpaired) electrons. The van der Waals surface area contributed by atoms with Gasteiger partial charge in [0, 0.05) is 5.92 Å². The van der Waals surface area contributed by atoms with Gasteiger partial charge in [-0.2, -0.15) is 0 Å². The predicted octanol–water partition coefficient (Wildman–Crippen LogP) is 3.59. The summed E-state index contributed by atoms with van der Waals surface area (Å²) in [5.74, 6) is 3.16. The van der Waals surface area contributed by atoms with Gasteiger partial charge in [-0.25, -0.2) is 0 Å². The van der Waals surface area contributed by atoms with E-state index in [1.807, 2.05) is 18.2 Å². The zero-order valence-electron chi connectivity index (χ0n) is 8.16. The van der Waals surface area contributed by atoms with Gasteiger partial charge < -0.3 is 0 Å². The van der Waals surface area contributed by atoms with Crippen molar-refractivity contribution in [2.24, 2.45) is 0 Å². The lowest BCUT2D eigenvalue weighted by molar-refractivity contribution is 0.676. The molecule has 0 heterocycles. The molecular weight excluding hydrogens is 156 g/mol. The minimum absolute atomic E-state index is 0.307. The van der Waals surface area contributed by atoms with E-state index in [1.165, 1.54) is 18.4 Å². The van der Waals surface area contributed by atoms with Crippen LogP contribution in [0.25, 0.3) is 0 Å². The van der Waals surface area contributed by atoms with Crippen molar-refractivity contribution in [1.29, 1.82) is 0 Å². The molecule has 0 aliphatic heterocycles. The zero-order chi connectivity index (χ0) is 9.52. The summed E-state index contributed by atoms with van der Waals surface area (Å²) in [5.41, 5.74) is 1.28. The highest BCUT2D eigenvalue weighted by molar-refractivity contribution is 5.26. The van der Waals surface area contributed by atoms with Gasteiger partial charge in [-0.1, -0.05) is 56.0 Å². The van der Waals surface area contributed by atoms with Crippen LogP contribution in [-0.2, 0) is 0 Å². The Labute approximate surface area is 81.0 Å². The predicted molar refractivity (Wildman–Crippen MR) is 57.5 cm³/mol. The van der Waals surface area contributed by atoms with Crippen molar-refractivity contribution in [1.82, 2.24) is 0 Å². The average molecular weight is 172 g/mol. The Bertz CT molecular complexity index is 266. The summed E-state index contributed by atoms with van der Waals surface area (Å²) >= 11 is 0. The molecule has 0 aliphatic rings. The molecule has 0 amide bonds. The third-order valence-electron chi connectivity index (χ3n) is 2.25. The number of hydrogen-bond donors (Lipinski definition) is 0. The minimum Gasteiger partial charge on any atom is -0.119 e. The Kier molecular flexibility index (Phi) is 4.12. The van der Waals surface area contributed by atoms with Gasteiger partial charge in [0.25, 0.3) is 0 Å². The van der Waals surface area contributed by atoms with Gasteiger partial charge in [-0.3, -0.25) is 0 Å². The van der Waals surface area contributed by atoms with E-state index in [4.69, 9.17) is 6.42 Å². The van der Waals surface area contributed by atoms with Crippen molar-refractivity contribution in [3.8, 4) is 12.3 Å². The normalized spacial score (nSPS) is 12.0. The van der Waals surface area contributed by atoms with Crippen LogP contribution in [0.15, 0.2) is 30.3 Å². The van der Waals surface area contributed by atoms with E-state index in [1.54, 1.807) is 0 Å². The highest BCUT2D eigenvalue weighted by Crippen LogP contribution is 2.20. The summed E-state index contributed by atoms with van der Waals surface area (Å²) in [6.45, 7) is 2.19. The number of benzene rings is 1. The maximum absolute atomic E-state index is 5.50. The first kappa shape index (κ1) is 9.86. The molecule has 0 bridgehead atoms. The van der Waals surface area contributed by atoms with Crippen LogP contribution in [0.2, 0.25) is 0 Å². The van der Waals surface area contributed by atoms with Crippen LogP contribution >= 0.6 is 0 Å². The summed E-state index contributed by atoms with van der Waals surface area (Å²) in [4.78, 5) is 0. The van der Waals surface area contributed by atoms with Crippen LogP contribution in [0.3, 0.4) is 0 Å². The van der Waals surface area contributed by atoms with Gasteiger partial charge in [0.15, 0.2) is 0 Å². The molecule has 1 aromatic carbocycles. The van der Waals surface area contributed by atoms with Crippen LogP contribution in [0.4, 0.5) is 0 Å². The van der Waals surface area contributed by atoms with Gasteiger partial charge >= 0.3 is 0 Å². The van der Waals surface area contributed by atoms with Crippen LogP contribution < -0.4 is 0 Å². The maximum Gasteiger partial charge on any atom is 0.0449 e. The molecule has 0 fully saturated rings. The first-order valence-electron chi connectivity index (χ1n) is 4.89. The van der Waals surface area contributed by atoms with E-state index in [-0.39, 0.29) is 0 Å². The lowest BCUT2D eigenvalue weighted by Crippen LogP contribution is -1.94. The summed E-state index contributed by atoms with van der Waals surface area (Å²) in [6.07, 6.45) is 9.03. The molecule has 0 spiro atoms. The third kappa shape index (κ3) is 2.95. The van der Waals surface area contributed by atoms with E-state index in [9.17, 15) is 0 Å². The molecule has 0 aliphatic carbocycles. The smallest absolute Gasteiger partial charge is 0.0449 e. The molecule has 0 aromatic heterocycles. The molecule has 0 nitrogen and oxygen atoms in total. The largest absolute Gasteiger partial charge is 0.119 e. The van der Waals surface area contributed by atoms with Crippen LogP contribution in [0, 0.1) is 12.3 Å². The zero-order valence-corrected chi connectivity index (χ0v) is 8.16. The minimum atomic E-state index is 0.307. The molecule has 0 saturated carbocycles. The number of unbranched alkanes of at least 4 members (excludes halogenated alkanes) is 1. The van der Waals surface area contributed by atoms with E-state index in [0.717, 1.165) is 6.42 Å². The highest BCUT2D eigenvalue weighted by Gasteiger charge is 2.05. The molecule has 1 rings (SSSR count). The van der Waals surface area contributed by atoms with Crippen LogP contribution in [0.5, 0.6) is 0 Å². The Hall–Kier alpha value is -1.22. The molecule has 0 heteroatoms. The molecule has 0 N–H and O–H groups in total. The van der Waals surface area contributed by atoms with E-state index >= 15 is 0 Å². The van der Waals surface area contributed by atoms with Crippen molar-refractivity contribution in [3.05, 3.63) is 35.9 Å². The molecule has 1 aromatic rings. The number of hydrogen-bond acceptors (Lipinski definition) is 0. The van der Waals surface area contributed by atoms with Gasteiger partial charge in [-0.05, 0) is 12.0 Å². The fourth-order valence-corrected chi connectivity index (χ4v) is 1.44. The monoisotopic (exact) mass is 172 g/mol. The number of rotatable bonds is 4. The fraction of sp³-hybridized carbons (Fsp3) is 0.385. The maximum atomic E-state index is 5.50. The quantitative estimate of drug-likeness (QED) is 0.609. The fourth-order valence-electron chi connectivity index (χ4n) is 1.44. The Morgan fingerprint density at radius 1 is 1.31 bits per heavy atom. The van der Waals surface area contributed by atoms with E-state index in [0.29, 0.717) is 5.92 Å². The second-order valence-electron chi connectivity index (χ2n) is 3.27. The lowest BCUT2D eigenvalue weighted by atomic mass is 9.95. The number of terminal acetylenes is 1. The lowest BCUT2D eigenvalue weighted by Gasteiger charge is -2.09. The molecule has 0 saturated heterocycles. The van der Waals surface area contributed by atoms with Gasteiger partial charge in [-0.15, -0.1) is 6.42 Å². The molecule has 1 atom stereocenters. The van der Waals surface area contributed by atoms with Gasteiger partial charge in [0.2, 0.25) is 0 Å². The van der Waals surface area contributed by atoms with Crippen molar-refractivity contribution >= 4 is 0 Å². The average Bonchev–Trinajstić information content (AvgIpc) is 2.21. The topological polar surface area (TPSA) is 0 Å². The van der Waals surface area contributed by atoms with Gasteiger partial charge in [0.1, 0.15) is 0 Å². The van der Waals surface area contributed by atoms with Crippen molar-refractivity contribution in [2.75, 3.05) is 0 Å².